The largest absolute Gasteiger partial charge is 0.348 e. The van der Waals surface area contributed by atoms with Gasteiger partial charge in [-0.1, -0.05) is 18.2 Å². The van der Waals surface area contributed by atoms with E-state index in [0.717, 1.165) is 0 Å². The topological polar surface area (TPSA) is 42.0 Å². The number of amides is 1. The van der Waals surface area contributed by atoms with E-state index in [0.29, 0.717) is 16.2 Å². The average molecular weight is 276 g/mol. The number of benzene rings is 1. The van der Waals surface area contributed by atoms with Crippen LogP contribution in [0.3, 0.4) is 0 Å². The number of nitrogens with zero attached hydrogens (tertiary/aromatic N) is 1. The Morgan fingerprint density at radius 3 is 2.84 bits per heavy atom. The Kier molecular flexibility index (Phi) is 4.52. The van der Waals surface area contributed by atoms with E-state index in [9.17, 15) is 9.18 Å². The summed E-state index contributed by atoms with van der Waals surface area (Å²) in [6.07, 6.45) is 3.50. The molecular weight excluding hydrogens is 263 g/mol. The SMILES string of the molecule is CSc1ncccc1C(=O)NCc1ccccc1F. The van der Waals surface area contributed by atoms with Crippen molar-refractivity contribution < 1.29 is 9.18 Å². The zero-order chi connectivity index (χ0) is 13.7. The highest BCUT2D eigenvalue weighted by Gasteiger charge is 2.11. The van der Waals surface area contributed by atoms with Crippen LogP contribution in [0, 0.1) is 5.82 Å². The maximum Gasteiger partial charge on any atom is 0.254 e. The second-order valence-corrected chi connectivity index (χ2v) is 4.63. The van der Waals surface area contributed by atoms with Gasteiger partial charge in [-0.05, 0) is 24.5 Å². The van der Waals surface area contributed by atoms with Gasteiger partial charge in [0.05, 0.1) is 5.56 Å². The van der Waals surface area contributed by atoms with Gasteiger partial charge >= 0.3 is 0 Å². The quantitative estimate of drug-likeness (QED) is 0.873. The van der Waals surface area contributed by atoms with Crippen molar-refractivity contribution in [2.24, 2.45) is 0 Å². The lowest BCUT2D eigenvalue weighted by atomic mass is 10.2. The van der Waals surface area contributed by atoms with Crippen molar-refractivity contribution in [2.75, 3.05) is 6.26 Å². The summed E-state index contributed by atoms with van der Waals surface area (Å²) < 4.78 is 13.4. The van der Waals surface area contributed by atoms with E-state index in [-0.39, 0.29) is 18.3 Å². The summed E-state index contributed by atoms with van der Waals surface area (Å²) in [5, 5.41) is 3.36. The molecule has 1 heterocycles. The summed E-state index contributed by atoms with van der Waals surface area (Å²) in [6.45, 7) is 0.161. The first kappa shape index (κ1) is 13.5. The zero-order valence-electron chi connectivity index (χ0n) is 10.4. The number of rotatable bonds is 4. The molecule has 0 bridgehead atoms. The number of carbonyl (C=O) groups is 1. The molecule has 2 aromatic rings. The molecule has 0 aliphatic heterocycles. The molecule has 0 fully saturated rings. The molecule has 0 aliphatic carbocycles. The van der Waals surface area contributed by atoms with Crippen molar-refractivity contribution in [1.82, 2.24) is 10.3 Å². The fourth-order valence-electron chi connectivity index (χ4n) is 1.64. The fourth-order valence-corrected chi connectivity index (χ4v) is 2.19. The van der Waals surface area contributed by atoms with Crippen LogP contribution in [0.25, 0.3) is 0 Å². The Morgan fingerprint density at radius 1 is 1.32 bits per heavy atom. The predicted octanol–water partition coefficient (Wildman–Crippen LogP) is 2.87. The van der Waals surface area contributed by atoms with E-state index < -0.39 is 0 Å². The Hall–Kier alpha value is -1.88. The van der Waals surface area contributed by atoms with Gasteiger partial charge in [0.1, 0.15) is 10.8 Å². The molecule has 1 aromatic heterocycles. The third-order valence-electron chi connectivity index (χ3n) is 2.61. The van der Waals surface area contributed by atoms with E-state index in [1.165, 1.54) is 17.8 Å². The summed E-state index contributed by atoms with van der Waals surface area (Å²) in [5.41, 5.74) is 0.969. The number of hydrogen-bond acceptors (Lipinski definition) is 3. The number of nitrogens with one attached hydrogen (secondary N) is 1. The number of aromatic nitrogens is 1. The molecule has 0 aliphatic rings. The first-order valence-electron chi connectivity index (χ1n) is 5.73. The Morgan fingerprint density at radius 2 is 2.11 bits per heavy atom. The molecule has 1 aromatic carbocycles. The van der Waals surface area contributed by atoms with Gasteiger partial charge in [-0.3, -0.25) is 4.79 Å². The summed E-state index contributed by atoms with van der Waals surface area (Å²) >= 11 is 1.40. The molecule has 0 spiro atoms. The summed E-state index contributed by atoms with van der Waals surface area (Å²) in [4.78, 5) is 16.1. The number of thioether (sulfide) groups is 1. The molecule has 5 heteroatoms. The van der Waals surface area contributed by atoms with Crippen LogP contribution < -0.4 is 5.32 Å². The summed E-state index contributed by atoms with van der Waals surface area (Å²) in [7, 11) is 0. The summed E-state index contributed by atoms with van der Waals surface area (Å²) in [6, 6.07) is 9.79. The maximum absolute atomic E-state index is 13.4. The Balaban J connectivity index is 2.08. The standard InChI is InChI=1S/C14H13FN2OS/c1-19-14-11(6-4-8-16-14)13(18)17-9-10-5-2-3-7-12(10)15/h2-8H,9H2,1H3,(H,17,18). The highest BCUT2D eigenvalue weighted by Crippen LogP contribution is 2.16. The predicted molar refractivity (Wildman–Crippen MR) is 73.6 cm³/mol. The second kappa shape index (κ2) is 6.33. The molecule has 0 saturated heterocycles. The first-order valence-corrected chi connectivity index (χ1v) is 6.95. The van der Waals surface area contributed by atoms with Crippen molar-refractivity contribution in [3.63, 3.8) is 0 Å². The van der Waals surface area contributed by atoms with Gasteiger partial charge in [0.15, 0.2) is 0 Å². The Labute approximate surface area is 115 Å². The highest BCUT2D eigenvalue weighted by atomic mass is 32.2. The molecule has 2 rings (SSSR count). The average Bonchev–Trinajstić information content (AvgIpc) is 2.46. The molecule has 0 radical (unpaired) electrons. The van der Waals surface area contributed by atoms with Gasteiger partial charge in [0.2, 0.25) is 0 Å². The highest BCUT2D eigenvalue weighted by molar-refractivity contribution is 7.98. The summed E-state index contributed by atoms with van der Waals surface area (Å²) in [5.74, 6) is -0.570. The minimum Gasteiger partial charge on any atom is -0.348 e. The van der Waals surface area contributed by atoms with Gasteiger partial charge in [-0.2, -0.15) is 0 Å². The molecule has 0 saturated carbocycles. The van der Waals surface area contributed by atoms with Crippen LogP contribution in [0.2, 0.25) is 0 Å². The van der Waals surface area contributed by atoms with Gasteiger partial charge in [-0.25, -0.2) is 9.37 Å². The smallest absolute Gasteiger partial charge is 0.254 e. The molecule has 19 heavy (non-hydrogen) atoms. The second-order valence-electron chi connectivity index (χ2n) is 3.83. The monoisotopic (exact) mass is 276 g/mol. The van der Waals surface area contributed by atoms with Gasteiger partial charge in [-0.15, -0.1) is 11.8 Å². The van der Waals surface area contributed by atoms with E-state index >= 15 is 0 Å². The molecule has 98 valence electrons. The lowest BCUT2D eigenvalue weighted by Crippen LogP contribution is -2.24. The number of hydrogen-bond donors (Lipinski definition) is 1. The minimum absolute atomic E-state index is 0.161. The van der Waals surface area contributed by atoms with Crippen LogP contribution in [0.15, 0.2) is 47.6 Å². The van der Waals surface area contributed by atoms with Crippen LogP contribution >= 0.6 is 11.8 Å². The third kappa shape index (κ3) is 3.32. The molecule has 0 unspecified atom stereocenters. The van der Waals surface area contributed by atoms with Crippen LogP contribution in [-0.2, 0) is 6.54 Å². The van der Waals surface area contributed by atoms with Crippen molar-refractivity contribution in [3.8, 4) is 0 Å². The first-order chi connectivity index (χ1) is 9.22. The van der Waals surface area contributed by atoms with Crippen LogP contribution in [-0.4, -0.2) is 17.1 Å². The van der Waals surface area contributed by atoms with E-state index in [2.05, 4.69) is 10.3 Å². The zero-order valence-corrected chi connectivity index (χ0v) is 11.2. The van der Waals surface area contributed by atoms with Crippen LogP contribution in [0.4, 0.5) is 4.39 Å². The van der Waals surface area contributed by atoms with Crippen molar-refractivity contribution in [1.29, 1.82) is 0 Å². The van der Waals surface area contributed by atoms with Crippen LogP contribution in [0.1, 0.15) is 15.9 Å². The molecule has 1 N–H and O–H groups in total. The molecular formula is C14H13FN2OS. The van der Waals surface area contributed by atoms with Crippen molar-refractivity contribution >= 4 is 17.7 Å². The van der Waals surface area contributed by atoms with Crippen molar-refractivity contribution in [3.05, 3.63) is 59.5 Å². The molecule has 0 atom stereocenters. The van der Waals surface area contributed by atoms with E-state index in [1.54, 1.807) is 36.5 Å². The van der Waals surface area contributed by atoms with E-state index in [1.807, 2.05) is 6.26 Å². The van der Waals surface area contributed by atoms with Gasteiger partial charge in [0, 0.05) is 18.3 Å². The van der Waals surface area contributed by atoms with Gasteiger partial charge < -0.3 is 5.32 Å². The third-order valence-corrected chi connectivity index (χ3v) is 3.32. The van der Waals surface area contributed by atoms with Gasteiger partial charge in [0.25, 0.3) is 5.91 Å². The maximum atomic E-state index is 13.4. The molecule has 1 amide bonds. The van der Waals surface area contributed by atoms with Crippen LogP contribution in [0.5, 0.6) is 0 Å². The minimum atomic E-state index is -0.320. The lowest BCUT2D eigenvalue weighted by Gasteiger charge is -2.08. The Bertz CT molecular complexity index is 589. The number of halogens is 1. The lowest BCUT2D eigenvalue weighted by molar-refractivity contribution is 0.0947. The van der Waals surface area contributed by atoms with E-state index in [4.69, 9.17) is 0 Å². The molecule has 3 nitrogen and oxygen atoms in total. The van der Waals surface area contributed by atoms with Crippen molar-refractivity contribution in [2.45, 2.75) is 11.6 Å². The number of carbonyl (C=O) groups excluding carboxylic acids is 1. The number of pyridine rings is 1. The fraction of sp³-hybridized carbons (Fsp3) is 0.143. The normalized spacial score (nSPS) is 10.2.